The van der Waals surface area contributed by atoms with Gasteiger partial charge in [-0.15, -0.1) is 0 Å². The lowest BCUT2D eigenvalue weighted by Crippen LogP contribution is -2.43. The summed E-state index contributed by atoms with van der Waals surface area (Å²) in [6, 6.07) is 0.428. The molecule has 1 heterocycles. The normalized spacial score (nSPS) is 29.6. The van der Waals surface area contributed by atoms with E-state index in [1.54, 1.807) is 6.08 Å². The Morgan fingerprint density at radius 2 is 2.29 bits per heavy atom. The van der Waals surface area contributed by atoms with Gasteiger partial charge >= 0.3 is 5.97 Å². The van der Waals surface area contributed by atoms with E-state index in [2.05, 4.69) is 11.8 Å². The smallest absolute Gasteiger partial charge is 0.328 e. The van der Waals surface area contributed by atoms with Gasteiger partial charge in [-0.05, 0) is 19.8 Å². The van der Waals surface area contributed by atoms with Crippen molar-refractivity contribution in [2.75, 3.05) is 13.1 Å². The number of rotatable bonds is 3. The number of hydrogen-bond donors (Lipinski definition) is 2. The molecule has 0 spiro atoms. The summed E-state index contributed by atoms with van der Waals surface area (Å²) < 4.78 is 0. The SMILES string of the molecule is CC1CCC(O)CN1CC=CC(=O)O. The van der Waals surface area contributed by atoms with Gasteiger partial charge in [0.2, 0.25) is 0 Å². The molecule has 1 fully saturated rings. The van der Waals surface area contributed by atoms with Crippen LogP contribution in [0, 0.1) is 0 Å². The van der Waals surface area contributed by atoms with Gasteiger partial charge in [-0.2, -0.15) is 0 Å². The Hall–Kier alpha value is -0.870. The lowest BCUT2D eigenvalue weighted by atomic mass is 10.0. The van der Waals surface area contributed by atoms with Crippen LogP contribution in [0.25, 0.3) is 0 Å². The van der Waals surface area contributed by atoms with Crippen molar-refractivity contribution in [3.8, 4) is 0 Å². The van der Waals surface area contributed by atoms with E-state index in [-0.39, 0.29) is 6.10 Å². The van der Waals surface area contributed by atoms with E-state index in [4.69, 9.17) is 5.11 Å². The van der Waals surface area contributed by atoms with E-state index >= 15 is 0 Å². The number of nitrogens with zero attached hydrogens (tertiary/aromatic N) is 1. The monoisotopic (exact) mass is 199 g/mol. The maximum Gasteiger partial charge on any atom is 0.328 e. The van der Waals surface area contributed by atoms with E-state index in [9.17, 15) is 9.90 Å². The maximum atomic E-state index is 10.2. The van der Waals surface area contributed by atoms with Crippen molar-refractivity contribution >= 4 is 5.97 Å². The minimum Gasteiger partial charge on any atom is -0.478 e. The van der Waals surface area contributed by atoms with Crippen molar-refractivity contribution in [3.63, 3.8) is 0 Å². The molecule has 0 aromatic rings. The molecule has 1 rings (SSSR count). The molecule has 2 unspecified atom stereocenters. The topological polar surface area (TPSA) is 60.8 Å². The molecule has 1 aliphatic heterocycles. The molecule has 2 atom stereocenters. The minimum atomic E-state index is -0.921. The Kier molecular flexibility index (Phi) is 4.10. The average molecular weight is 199 g/mol. The number of likely N-dealkylation sites (tertiary alicyclic amines) is 1. The summed E-state index contributed by atoms with van der Waals surface area (Å²) in [5.74, 6) is -0.921. The fourth-order valence-corrected chi connectivity index (χ4v) is 1.70. The number of aliphatic carboxylic acids is 1. The molecule has 0 aromatic heterocycles. The van der Waals surface area contributed by atoms with Crippen LogP contribution in [-0.2, 0) is 4.79 Å². The zero-order valence-electron chi connectivity index (χ0n) is 8.39. The van der Waals surface area contributed by atoms with Crippen molar-refractivity contribution < 1.29 is 15.0 Å². The van der Waals surface area contributed by atoms with Crippen molar-refractivity contribution in [1.29, 1.82) is 0 Å². The Labute approximate surface area is 83.8 Å². The summed E-state index contributed by atoms with van der Waals surface area (Å²) in [5, 5.41) is 17.8. The largest absolute Gasteiger partial charge is 0.478 e. The summed E-state index contributed by atoms with van der Waals surface area (Å²) in [7, 11) is 0. The Bertz CT molecular complexity index is 227. The maximum absolute atomic E-state index is 10.2. The zero-order valence-corrected chi connectivity index (χ0v) is 8.39. The van der Waals surface area contributed by atoms with Crippen LogP contribution in [0.3, 0.4) is 0 Å². The molecule has 2 N–H and O–H groups in total. The van der Waals surface area contributed by atoms with Crippen molar-refractivity contribution in [3.05, 3.63) is 12.2 Å². The highest BCUT2D eigenvalue weighted by atomic mass is 16.4. The summed E-state index contributed by atoms with van der Waals surface area (Å²) in [4.78, 5) is 12.3. The molecule has 1 aliphatic rings. The standard InChI is InChI=1S/C10H17NO3/c1-8-4-5-9(12)7-11(8)6-2-3-10(13)14/h2-3,8-9,12H,4-7H2,1H3,(H,13,14). The quantitative estimate of drug-likeness (QED) is 0.649. The fraction of sp³-hybridized carbons (Fsp3) is 0.700. The van der Waals surface area contributed by atoms with Crippen LogP contribution in [0.1, 0.15) is 19.8 Å². The number of carboxylic acid groups (broad SMARTS) is 1. The predicted molar refractivity (Wildman–Crippen MR) is 53.1 cm³/mol. The van der Waals surface area contributed by atoms with E-state index < -0.39 is 5.97 Å². The third kappa shape index (κ3) is 3.47. The number of aliphatic hydroxyl groups excluding tert-OH is 1. The number of carboxylic acids is 1. The summed E-state index contributed by atoms with van der Waals surface area (Å²) in [6.07, 6.45) is 4.33. The molecule has 14 heavy (non-hydrogen) atoms. The Morgan fingerprint density at radius 3 is 2.93 bits per heavy atom. The molecule has 0 aliphatic carbocycles. The highest BCUT2D eigenvalue weighted by Crippen LogP contribution is 2.16. The van der Waals surface area contributed by atoms with Gasteiger partial charge < -0.3 is 10.2 Å². The molecule has 0 bridgehead atoms. The third-order valence-electron chi connectivity index (χ3n) is 2.59. The first-order valence-corrected chi connectivity index (χ1v) is 4.91. The van der Waals surface area contributed by atoms with Crippen LogP contribution in [0.4, 0.5) is 0 Å². The summed E-state index contributed by atoms with van der Waals surface area (Å²) in [5.41, 5.74) is 0. The molecule has 0 amide bonds. The molecule has 1 saturated heterocycles. The summed E-state index contributed by atoms with van der Waals surface area (Å²) >= 11 is 0. The van der Waals surface area contributed by atoms with E-state index in [1.807, 2.05) is 0 Å². The molecule has 80 valence electrons. The van der Waals surface area contributed by atoms with Crippen molar-refractivity contribution in [2.45, 2.75) is 31.9 Å². The molecule has 4 nitrogen and oxygen atoms in total. The lowest BCUT2D eigenvalue weighted by molar-refractivity contribution is -0.131. The van der Waals surface area contributed by atoms with Crippen LogP contribution in [0.5, 0.6) is 0 Å². The van der Waals surface area contributed by atoms with E-state index in [0.717, 1.165) is 18.9 Å². The molecule has 0 radical (unpaired) electrons. The third-order valence-corrected chi connectivity index (χ3v) is 2.59. The molecular formula is C10H17NO3. The van der Waals surface area contributed by atoms with Gasteiger partial charge in [0.1, 0.15) is 0 Å². The van der Waals surface area contributed by atoms with Crippen LogP contribution < -0.4 is 0 Å². The summed E-state index contributed by atoms with van der Waals surface area (Å²) in [6.45, 7) is 3.34. The first-order valence-electron chi connectivity index (χ1n) is 4.91. The highest BCUT2D eigenvalue weighted by Gasteiger charge is 2.22. The van der Waals surface area contributed by atoms with Gasteiger partial charge in [0, 0.05) is 25.2 Å². The highest BCUT2D eigenvalue weighted by molar-refractivity contribution is 5.79. The predicted octanol–water partition coefficient (Wildman–Crippen LogP) is 0.472. The van der Waals surface area contributed by atoms with Gasteiger partial charge in [-0.1, -0.05) is 6.08 Å². The van der Waals surface area contributed by atoms with Gasteiger partial charge in [-0.25, -0.2) is 4.79 Å². The van der Waals surface area contributed by atoms with Gasteiger partial charge in [-0.3, -0.25) is 4.90 Å². The van der Waals surface area contributed by atoms with Crippen LogP contribution in [0.2, 0.25) is 0 Å². The number of carbonyl (C=O) groups is 1. The van der Waals surface area contributed by atoms with Gasteiger partial charge in [0.15, 0.2) is 0 Å². The second-order valence-electron chi connectivity index (χ2n) is 3.77. The van der Waals surface area contributed by atoms with Crippen LogP contribution in [-0.4, -0.2) is 46.3 Å². The van der Waals surface area contributed by atoms with Crippen LogP contribution in [0.15, 0.2) is 12.2 Å². The molecular weight excluding hydrogens is 182 g/mol. The molecule has 0 aromatic carbocycles. The van der Waals surface area contributed by atoms with Crippen molar-refractivity contribution in [1.82, 2.24) is 4.90 Å². The Balaban J connectivity index is 2.38. The average Bonchev–Trinajstić information content (AvgIpc) is 2.10. The second kappa shape index (κ2) is 5.12. The first-order chi connectivity index (χ1) is 6.59. The van der Waals surface area contributed by atoms with E-state index in [0.29, 0.717) is 19.1 Å². The molecule has 0 saturated carbocycles. The fourth-order valence-electron chi connectivity index (χ4n) is 1.70. The number of aliphatic hydroxyl groups is 1. The van der Waals surface area contributed by atoms with Gasteiger partial charge in [0.25, 0.3) is 0 Å². The zero-order chi connectivity index (χ0) is 10.6. The Morgan fingerprint density at radius 1 is 1.57 bits per heavy atom. The first kappa shape index (κ1) is 11.2. The van der Waals surface area contributed by atoms with Gasteiger partial charge in [0.05, 0.1) is 6.10 Å². The number of piperidine rings is 1. The lowest BCUT2D eigenvalue weighted by Gasteiger charge is -2.35. The minimum absolute atomic E-state index is 0.260. The van der Waals surface area contributed by atoms with Crippen LogP contribution >= 0.6 is 0 Å². The van der Waals surface area contributed by atoms with Crippen molar-refractivity contribution in [2.24, 2.45) is 0 Å². The van der Waals surface area contributed by atoms with E-state index in [1.165, 1.54) is 0 Å². The second-order valence-corrected chi connectivity index (χ2v) is 3.77. The number of hydrogen-bond acceptors (Lipinski definition) is 3. The number of β-amino-alcohol motifs (C(OH)–C–C–N with tert-alkyl or cyclic N) is 1. The molecule has 4 heteroatoms.